The fraction of sp³-hybridized carbons (Fsp3) is 0.222. The highest BCUT2D eigenvalue weighted by Crippen LogP contribution is 2.38. The lowest BCUT2D eigenvalue weighted by Gasteiger charge is -2.16. The molecule has 2 rings (SSSR count). The molecule has 0 N–H and O–H groups in total. The number of thioether (sulfide) groups is 1. The minimum atomic E-state index is -0.548. The van der Waals surface area contributed by atoms with Crippen LogP contribution in [-0.4, -0.2) is 16.5 Å². The Morgan fingerprint density at radius 3 is 2.25 bits per heavy atom. The van der Waals surface area contributed by atoms with E-state index in [1.807, 2.05) is 0 Å². The van der Waals surface area contributed by atoms with Gasteiger partial charge < -0.3 is 4.90 Å². The van der Waals surface area contributed by atoms with Gasteiger partial charge in [0.1, 0.15) is 0 Å². The highest BCUT2D eigenvalue weighted by atomic mass is 35.5. The van der Waals surface area contributed by atoms with Gasteiger partial charge in [0, 0.05) is 5.69 Å². The topological polar surface area (TPSA) is 20.3 Å². The van der Waals surface area contributed by atoms with Gasteiger partial charge in [-0.3, -0.25) is 4.79 Å². The van der Waals surface area contributed by atoms with Gasteiger partial charge in [-0.1, -0.05) is 34.8 Å². The Kier molecular flexibility index (Phi) is 3.82. The molecule has 0 bridgehead atoms. The van der Waals surface area contributed by atoms with Crippen LogP contribution < -0.4 is 4.90 Å². The van der Waals surface area contributed by atoms with Crippen molar-refractivity contribution in [2.24, 2.45) is 0 Å². The van der Waals surface area contributed by atoms with E-state index < -0.39 is 4.71 Å². The summed E-state index contributed by atoms with van der Waals surface area (Å²) in [5.41, 5.74) is 0.611. The van der Waals surface area contributed by atoms with E-state index in [9.17, 15) is 4.79 Å². The molecule has 1 heterocycles. The van der Waals surface area contributed by atoms with Gasteiger partial charge in [0.2, 0.25) is 0 Å². The summed E-state index contributed by atoms with van der Waals surface area (Å²) in [6, 6.07) is 3.20. The molecule has 1 aromatic rings. The van der Waals surface area contributed by atoms with Crippen LogP contribution in [0.1, 0.15) is 0 Å². The largest absolute Gasteiger partial charge is 0.300 e. The molecule has 0 aromatic heterocycles. The van der Waals surface area contributed by atoms with E-state index in [0.29, 0.717) is 21.6 Å². The zero-order valence-electron chi connectivity index (χ0n) is 7.71. The lowest BCUT2D eigenvalue weighted by Crippen LogP contribution is -2.27. The third-order valence-electron chi connectivity index (χ3n) is 2.09. The molecule has 1 unspecified atom stereocenters. The summed E-state index contributed by atoms with van der Waals surface area (Å²) in [5.74, 6) is 0.322. The van der Waals surface area contributed by atoms with E-state index in [2.05, 4.69) is 0 Å². The average molecular weight is 317 g/mol. The maximum Gasteiger partial charge on any atom is 0.256 e. The summed E-state index contributed by atoms with van der Waals surface area (Å²) in [5, 5.41) is 0.925. The molecule has 0 radical (unpaired) electrons. The summed E-state index contributed by atoms with van der Waals surface area (Å²) in [6.07, 6.45) is 0. The number of carbonyl (C=O) groups excluding carboxylic acids is 1. The number of halogens is 4. The van der Waals surface area contributed by atoms with Crippen molar-refractivity contribution in [3.8, 4) is 0 Å². The molecule has 7 heteroatoms. The van der Waals surface area contributed by atoms with Crippen LogP contribution in [0.5, 0.6) is 0 Å². The number of benzene rings is 1. The zero-order valence-corrected chi connectivity index (χ0v) is 11.6. The first-order valence-corrected chi connectivity index (χ1v) is 6.84. The van der Waals surface area contributed by atoms with E-state index in [0.717, 1.165) is 0 Å². The standard InChI is InChI=1S/C9H5Cl4NOS/c10-5-1-4(2-6(11)7(5)12)14-3-16-8(13)9(14)15/h1-2,8H,3H2. The van der Waals surface area contributed by atoms with Gasteiger partial charge in [0.15, 0.2) is 4.71 Å². The number of hydrogen-bond acceptors (Lipinski definition) is 2. The van der Waals surface area contributed by atoms with Gasteiger partial charge in [0.25, 0.3) is 5.91 Å². The van der Waals surface area contributed by atoms with Crippen molar-refractivity contribution in [1.29, 1.82) is 0 Å². The molecule has 0 saturated carbocycles. The molecular weight excluding hydrogens is 312 g/mol. The first kappa shape index (κ1) is 12.7. The molecule has 2 nitrogen and oxygen atoms in total. The summed E-state index contributed by atoms with van der Waals surface area (Å²) >= 11 is 24.7. The Bertz CT molecular complexity index is 430. The maximum atomic E-state index is 11.7. The lowest BCUT2D eigenvalue weighted by molar-refractivity contribution is -0.116. The SMILES string of the molecule is O=C1C(Cl)SCN1c1cc(Cl)c(Cl)c(Cl)c1. The van der Waals surface area contributed by atoms with E-state index in [4.69, 9.17) is 46.4 Å². The zero-order chi connectivity index (χ0) is 11.9. The lowest BCUT2D eigenvalue weighted by atomic mass is 10.3. The summed E-state index contributed by atoms with van der Waals surface area (Å²) in [4.78, 5) is 13.2. The van der Waals surface area contributed by atoms with Crippen LogP contribution in [-0.2, 0) is 4.79 Å². The molecule has 0 aliphatic carbocycles. The third kappa shape index (κ3) is 2.24. The van der Waals surface area contributed by atoms with Gasteiger partial charge in [-0.2, -0.15) is 0 Å². The van der Waals surface area contributed by atoms with Gasteiger partial charge in [-0.05, 0) is 12.1 Å². The Labute approximate surface area is 117 Å². The van der Waals surface area contributed by atoms with Crippen molar-refractivity contribution in [2.45, 2.75) is 4.71 Å². The van der Waals surface area contributed by atoms with E-state index >= 15 is 0 Å². The van der Waals surface area contributed by atoms with Crippen molar-refractivity contribution in [3.05, 3.63) is 27.2 Å². The molecule has 1 fully saturated rings. The molecule has 0 spiro atoms. The molecule has 1 aliphatic heterocycles. The van der Waals surface area contributed by atoms with Crippen LogP contribution in [0.3, 0.4) is 0 Å². The predicted molar refractivity (Wildman–Crippen MR) is 71.1 cm³/mol. The van der Waals surface area contributed by atoms with Gasteiger partial charge in [-0.15, -0.1) is 23.4 Å². The van der Waals surface area contributed by atoms with Crippen molar-refractivity contribution in [1.82, 2.24) is 0 Å². The second-order valence-electron chi connectivity index (χ2n) is 3.10. The Hall–Kier alpha value is 0.200. The summed E-state index contributed by atoms with van der Waals surface area (Å²) in [7, 11) is 0. The fourth-order valence-corrected chi connectivity index (χ4v) is 2.99. The first-order chi connectivity index (χ1) is 7.50. The highest BCUT2D eigenvalue weighted by Gasteiger charge is 2.32. The predicted octanol–water partition coefficient (Wildman–Crippen LogP) is 4.25. The van der Waals surface area contributed by atoms with Crippen molar-refractivity contribution in [2.75, 3.05) is 10.8 Å². The molecule has 1 atom stereocenters. The van der Waals surface area contributed by atoms with Crippen LogP contribution in [0.15, 0.2) is 12.1 Å². The van der Waals surface area contributed by atoms with E-state index in [1.165, 1.54) is 16.7 Å². The average Bonchev–Trinajstić information content (AvgIpc) is 2.56. The van der Waals surface area contributed by atoms with Crippen LogP contribution in [0, 0.1) is 0 Å². The Morgan fingerprint density at radius 2 is 1.81 bits per heavy atom. The Balaban J connectivity index is 2.39. The normalized spacial score (nSPS) is 20.6. The van der Waals surface area contributed by atoms with Crippen LogP contribution >= 0.6 is 58.2 Å². The Morgan fingerprint density at radius 1 is 1.25 bits per heavy atom. The number of amides is 1. The highest BCUT2D eigenvalue weighted by molar-refractivity contribution is 8.02. The smallest absolute Gasteiger partial charge is 0.256 e. The first-order valence-electron chi connectivity index (χ1n) is 4.22. The summed E-state index contributed by atoms with van der Waals surface area (Å²) < 4.78 is -0.548. The molecule has 1 aliphatic rings. The summed E-state index contributed by atoms with van der Waals surface area (Å²) in [6.45, 7) is 0. The van der Waals surface area contributed by atoms with Crippen molar-refractivity contribution >= 4 is 69.8 Å². The minimum Gasteiger partial charge on any atom is -0.300 e. The second kappa shape index (κ2) is 4.83. The van der Waals surface area contributed by atoms with Crippen LogP contribution in [0.4, 0.5) is 5.69 Å². The maximum absolute atomic E-state index is 11.7. The van der Waals surface area contributed by atoms with E-state index in [-0.39, 0.29) is 10.9 Å². The van der Waals surface area contributed by atoms with Crippen molar-refractivity contribution in [3.63, 3.8) is 0 Å². The van der Waals surface area contributed by atoms with Crippen LogP contribution in [0.25, 0.3) is 0 Å². The number of anilines is 1. The molecular formula is C9H5Cl4NOS. The molecule has 1 aromatic carbocycles. The van der Waals surface area contributed by atoms with E-state index in [1.54, 1.807) is 12.1 Å². The monoisotopic (exact) mass is 315 g/mol. The van der Waals surface area contributed by atoms with Crippen molar-refractivity contribution < 1.29 is 4.79 Å². The number of hydrogen-bond donors (Lipinski definition) is 0. The quantitative estimate of drug-likeness (QED) is 0.570. The van der Waals surface area contributed by atoms with Gasteiger partial charge in [-0.25, -0.2) is 0 Å². The number of nitrogens with zero attached hydrogens (tertiary/aromatic N) is 1. The molecule has 1 saturated heterocycles. The minimum absolute atomic E-state index is 0.166. The number of alkyl halides is 1. The van der Waals surface area contributed by atoms with Crippen LogP contribution in [0.2, 0.25) is 15.1 Å². The fourth-order valence-electron chi connectivity index (χ4n) is 1.30. The number of rotatable bonds is 1. The van der Waals surface area contributed by atoms with Gasteiger partial charge >= 0.3 is 0 Å². The molecule has 16 heavy (non-hydrogen) atoms. The molecule has 86 valence electrons. The van der Waals surface area contributed by atoms with Gasteiger partial charge in [0.05, 0.1) is 20.9 Å². The second-order valence-corrected chi connectivity index (χ2v) is 6.05. The molecule has 1 amide bonds. The third-order valence-corrected chi connectivity index (χ3v) is 4.75. The number of carbonyl (C=O) groups is 1.